The monoisotopic (exact) mass is 445 g/mol. The van der Waals surface area contributed by atoms with Crippen LogP contribution in [0.1, 0.15) is 5.56 Å². The minimum atomic E-state index is -3.98. The number of benzene rings is 2. The van der Waals surface area contributed by atoms with Crippen molar-refractivity contribution in [3.8, 4) is 6.07 Å². The highest BCUT2D eigenvalue weighted by molar-refractivity contribution is 7.99. The van der Waals surface area contributed by atoms with Gasteiger partial charge in [-0.25, -0.2) is 8.42 Å². The lowest BCUT2D eigenvalue weighted by Crippen LogP contribution is -2.35. The molecule has 28 heavy (non-hydrogen) atoms. The van der Waals surface area contributed by atoms with Crippen LogP contribution in [0.5, 0.6) is 0 Å². The molecule has 1 N–H and O–H groups in total. The Balaban J connectivity index is 2.14. The summed E-state index contributed by atoms with van der Waals surface area (Å²) < 4.78 is 51.3. The third-order valence-corrected chi connectivity index (χ3v) is 6.60. The number of carbonyl (C=O) groups is 1. The largest absolute Gasteiger partial charge is 0.324 e. The van der Waals surface area contributed by atoms with E-state index in [4.69, 9.17) is 16.9 Å². The van der Waals surface area contributed by atoms with Crippen LogP contribution in [0.3, 0.4) is 0 Å². The van der Waals surface area contributed by atoms with Crippen molar-refractivity contribution < 1.29 is 22.0 Å². The van der Waals surface area contributed by atoms with Gasteiger partial charge in [-0.1, -0.05) is 29.4 Å². The second-order valence-electron chi connectivity index (χ2n) is 5.44. The van der Waals surface area contributed by atoms with Gasteiger partial charge >= 0.3 is 0 Å². The Morgan fingerprint density at radius 1 is 1.29 bits per heavy atom. The van der Waals surface area contributed by atoms with E-state index in [-0.39, 0.29) is 32.3 Å². The summed E-state index contributed by atoms with van der Waals surface area (Å²) >= 11 is 6.09. The average molecular weight is 446 g/mol. The van der Waals surface area contributed by atoms with E-state index in [0.29, 0.717) is 5.56 Å². The second kappa shape index (κ2) is 9.34. The van der Waals surface area contributed by atoms with Crippen LogP contribution >= 0.6 is 23.4 Å². The molecule has 0 atom stereocenters. The van der Waals surface area contributed by atoms with Crippen LogP contribution in [0.25, 0.3) is 0 Å². The van der Waals surface area contributed by atoms with Gasteiger partial charge in [-0.05, 0) is 36.4 Å². The Morgan fingerprint density at radius 3 is 2.50 bits per heavy atom. The van der Waals surface area contributed by atoms with E-state index < -0.39 is 28.2 Å². The van der Waals surface area contributed by atoms with Crippen LogP contribution in [0.2, 0.25) is 5.02 Å². The Morgan fingerprint density at radius 2 is 1.93 bits per heavy atom. The molecular formula is C17H14ClF2N3O3S2. The Kier molecular flexibility index (Phi) is 7.37. The number of thioether (sulfide) groups is 1. The molecule has 0 bridgehead atoms. The number of rotatable bonds is 7. The molecule has 2 rings (SSSR count). The first kappa shape index (κ1) is 22.1. The molecule has 0 heterocycles. The molecule has 0 aliphatic carbocycles. The zero-order valence-electron chi connectivity index (χ0n) is 14.4. The SMILES string of the molecule is CN(CC(=O)Nc1cccc(Cl)c1SC(F)F)S(=O)(=O)c1ccc(C#N)cc1. The maximum Gasteiger partial charge on any atom is 0.289 e. The number of anilines is 1. The summed E-state index contributed by atoms with van der Waals surface area (Å²) in [6.07, 6.45) is 0. The van der Waals surface area contributed by atoms with Gasteiger partial charge in [0, 0.05) is 7.05 Å². The van der Waals surface area contributed by atoms with Gasteiger partial charge in [0.05, 0.1) is 38.7 Å². The first-order chi connectivity index (χ1) is 13.1. The third kappa shape index (κ3) is 5.42. The number of hydrogen-bond donors (Lipinski definition) is 1. The van der Waals surface area contributed by atoms with Crippen molar-refractivity contribution in [2.45, 2.75) is 15.5 Å². The number of sulfonamides is 1. The average Bonchev–Trinajstić information content (AvgIpc) is 2.64. The topological polar surface area (TPSA) is 90.3 Å². The minimum absolute atomic E-state index is 0.00915. The van der Waals surface area contributed by atoms with Gasteiger partial charge in [-0.15, -0.1) is 0 Å². The number of likely N-dealkylation sites (N-methyl/N-ethyl adjacent to an activating group) is 1. The minimum Gasteiger partial charge on any atom is -0.324 e. The lowest BCUT2D eigenvalue weighted by molar-refractivity contribution is -0.116. The standard InChI is InChI=1S/C17H14ClF2N3O3S2/c1-23(28(25,26)12-7-5-11(9-21)6-8-12)10-15(24)22-14-4-2-3-13(18)16(14)27-17(19)20/h2-8,17H,10H2,1H3,(H,22,24). The molecule has 2 aromatic carbocycles. The van der Waals surface area contributed by atoms with Crippen molar-refractivity contribution in [1.82, 2.24) is 4.31 Å². The van der Waals surface area contributed by atoms with Crippen LogP contribution in [-0.2, 0) is 14.8 Å². The van der Waals surface area contributed by atoms with Gasteiger partial charge in [-0.2, -0.15) is 18.3 Å². The van der Waals surface area contributed by atoms with Gasteiger partial charge in [0.25, 0.3) is 5.76 Å². The van der Waals surface area contributed by atoms with Gasteiger partial charge in [0.2, 0.25) is 15.9 Å². The molecule has 0 aliphatic rings. The van der Waals surface area contributed by atoms with Crippen molar-refractivity contribution >= 4 is 45.0 Å². The van der Waals surface area contributed by atoms with Gasteiger partial charge in [0.15, 0.2) is 0 Å². The first-order valence-corrected chi connectivity index (χ1v) is 10.3. The number of carbonyl (C=O) groups excluding carboxylic acids is 1. The third-order valence-electron chi connectivity index (χ3n) is 3.51. The van der Waals surface area contributed by atoms with Crippen molar-refractivity contribution in [2.24, 2.45) is 0 Å². The number of halogens is 3. The number of nitrogens with one attached hydrogen (secondary N) is 1. The summed E-state index contributed by atoms with van der Waals surface area (Å²) in [5.74, 6) is -3.46. The zero-order valence-corrected chi connectivity index (χ0v) is 16.8. The Labute approximate surface area is 170 Å². The van der Waals surface area contributed by atoms with E-state index >= 15 is 0 Å². The number of alkyl halides is 2. The fourth-order valence-electron chi connectivity index (χ4n) is 2.17. The summed E-state index contributed by atoms with van der Waals surface area (Å²) in [6.45, 7) is -0.548. The van der Waals surface area contributed by atoms with Gasteiger partial charge < -0.3 is 5.32 Å². The summed E-state index contributed by atoms with van der Waals surface area (Å²) in [7, 11) is -2.77. The molecule has 0 saturated carbocycles. The molecule has 0 aliphatic heterocycles. The van der Waals surface area contributed by atoms with Crippen molar-refractivity contribution in [3.05, 3.63) is 53.1 Å². The molecule has 2 aromatic rings. The molecule has 0 fully saturated rings. The summed E-state index contributed by atoms with van der Waals surface area (Å²) in [4.78, 5) is 12.2. The summed E-state index contributed by atoms with van der Waals surface area (Å²) in [6, 6.07) is 11.4. The Hall–Kier alpha value is -2.19. The second-order valence-corrected chi connectivity index (χ2v) is 8.89. The zero-order chi connectivity index (χ0) is 20.9. The molecule has 0 unspecified atom stereocenters. The van der Waals surface area contributed by atoms with Crippen LogP contribution in [0.15, 0.2) is 52.3 Å². The maximum absolute atomic E-state index is 12.7. The first-order valence-electron chi connectivity index (χ1n) is 7.65. The molecule has 0 aromatic heterocycles. The predicted octanol–water partition coefficient (Wildman–Crippen LogP) is 3.79. The van der Waals surface area contributed by atoms with E-state index in [0.717, 1.165) is 4.31 Å². The Bertz CT molecular complexity index is 1010. The van der Waals surface area contributed by atoms with Crippen molar-refractivity contribution in [2.75, 3.05) is 18.9 Å². The summed E-state index contributed by atoms with van der Waals surface area (Å²) in [5, 5.41) is 11.2. The molecule has 148 valence electrons. The van der Waals surface area contributed by atoms with Crippen LogP contribution in [0.4, 0.5) is 14.5 Å². The molecule has 0 spiro atoms. The van der Waals surface area contributed by atoms with E-state index in [2.05, 4.69) is 5.32 Å². The predicted molar refractivity (Wildman–Crippen MR) is 103 cm³/mol. The summed E-state index contributed by atoms with van der Waals surface area (Å²) in [5.41, 5.74) is 0.358. The van der Waals surface area contributed by atoms with Crippen LogP contribution in [0, 0.1) is 11.3 Å². The fourth-order valence-corrected chi connectivity index (χ4v) is 4.21. The number of hydrogen-bond acceptors (Lipinski definition) is 5. The lowest BCUT2D eigenvalue weighted by atomic mass is 10.2. The number of nitrogens with zero attached hydrogens (tertiary/aromatic N) is 2. The molecule has 6 nitrogen and oxygen atoms in total. The van der Waals surface area contributed by atoms with E-state index in [1.807, 2.05) is 6.07 Å². The molecule has 0 saturated heterocycles. The fraction of sp³-hybridized carbons (Fsp3) is 0.176. The van der Waals surface area contributed by atoms with Crippen molar-refractivity contribution in [3.63, 3.8) is 0 Å². The molecule has 1 amide bonds. The molecular weight excluding hydrogens is 432 g/mol. The highest BCUT2D eigenvalue weighted by atomic mass is 35.5. The van der Waals surface area contributed by atoms with Crippen molar-refractivity contribution in [1.29, 1.82) is 5.26 Å². The molecule has 0 radical (unpaired) electrons. The highest BCUT2D eigenvalue weighted by Gasteiger charge is 2.24. The highest BCUT2D eigenvalue weighted by Crippen LogP contribution is 2.37. The number of nitriles is 1. The maximum atomic E-state index is 12.7. The van der Waals surface area contributed by atoms with Crippen LogP contribution in [-0.4, -0.2) is 38.0 Å². The van der Waals surface area contributed by atoms with E-state index in [1.54, 1.807) is 0 Å². The number of amides is 1. The normalized spacial score (nSPS) is 11.5. The smallest absolute Gasteiger partial charge is 0.289 e. The van der Waals surface area contributed by atoms with Crippen LogP contribution < -0.4 is 5.32 Å². The van der Waals surface area contributed by atoms with Gasteiger partial charge in [-0.3, -0.25) is 4.79 Å². The quantitative estimate of drug-likeness (QED) is 0.655. The van der Waals surface area contributed by atoms with Gasteiger partial charge in [0.1, 0.15) is 0 Å². The van der Waals surface area contributed by atoms with E-state index in [9.17, 15) is 22.0 Å². The molecule has 11 heteroatoms. The van der Waals surface area contributed by atoms with E-state index in [1.165, 1.54) is 49.5 Å². The lowest BCUT2D eigenvalue weighted by Gasteiger charge is -2.18.